The van der Waals surface area contributed by atoms with E-state index in [0.29, 0.717) is 13.1 Å². The van der Waals surface area contributed by atoms with Gasteiger partial charge in [0.25, 0.3) is 0 Å². The van der Waals surface area contributed by atoms with Crippen molar-refractivity contribution >= 4 is 10.0 Å². The van der Waals surface area contributed by atoms with Crippen molar-refractivity contribution in [1.29, 1.82) is 0 Å². The summed E-state index contributed by atoms with van der Waals surface area (Å²) in [5, 5.41) is 8.91. The van der Waals surface area contributed by atoms with Gasteiger partial charge in [0.2, 0.25) is 10.0 Å². The Bertz CT molecular complexity index is 388. The van der Waals surface area contributed by atoms with Crippen LogP contribution >= 0.6 is 0 Å². The minimum atomic E-state index is -3.04. The Morgan fingerprint density at radius 1 is 0.810 bits per heavy atom. The molecule has 2 aliphatic rings. The smallest absolute Gasteiger partial charge is 0.214 e. The third-order valence-electron chi connectivity index (χ3n) is 4.47. The van der Waals surface area contributed by atoms with Gasteiger partial charge in [-0.05, 0) is 25.8 Å². The molecule has 6 nitrogen and oxygen atoms in total. The summed E-state index contributed by atoms with van der Waals surface area (Å²) in [6, 6.07) is 0. The molecule has 0 aromatic rings. The summed E-state index contributed by atoms with van der Waals surface area (Å²) in [6.07, 6.45) is 3.89. The molecule has 2 rings (SSSR count). The molecule has 2 fully saturated rings. The van der Waals surface area contributed by atoms with E-state index < -0.39 is 10.0 Å². The zero-order valence-electron chi connectivity index (χ0n) is 12.9. The molecule has 0 aromatic heterocycles. The second-order valence-electron chi connectivity index (χ2n) is 6.04. The van der Waals surface area contributed by atoms with Crippen molar-refractivity contribution < 1.29 is 13.5 Å². The zero-order valence-corrected chi connectivity index (χ0v) is 13.7. The van der Waals surface area contributed by atoms with Crippen LogP contribution in [0.4, 0.5) is 0 Å². The molecule has 0 bridgehead atoms. The molecule has 7 heteroatoms. The highest BCUT2D eigenvalue weighted by Crippen LogP contribution is 2.14. The van der Waals surface area contributed by atoms with E-state index in [4.69, 9.17) is 5.11 Å². The van der Waals surface area contributed by atoms with Gasteiger partial charge >= 0.3 is 0 Å². The van der Waals surface area contributed by atoms with Gasteiger partial charge in [-0.2, -0.15) is 0 Å². The van der Waals surface area contributed by atoms with Crippen molar-refractivity contribution in [3.63, 3.8) is 0 Å². The molecule has 0 unspecified atom stereocenters. The number of piperidine rings is 1. The Labute approximate surface area is 128 Å². The largest absolute Gasteiger partial charge is 0.395 e. The zero-order chi connectivity index (χ0) is 15.1. The summed E-state index contributed by atoms with van der Waals surface area (Å²) in [4.78, 5) is 4.58. The van der Waals surface area contributed by atoms with Crippen LogP contribution in [0.3, 0.4) is 0 Å². The van der Waals surface area contributed by atoms with E-state index in [-0.39, 0.29) is 12.4 Å². The molecule has 1 N–H and O–H groups in total. The predicted molar refractivity (Wildman–Crippen MR) is 83.8 cm³/mol. The monoisotopic (exact) mass is 319 g/mol. The minimum absolute atomic E-state index is 0.216. The van der Waals surface area contributed by atoms with Gasteiger partial charge in [-0.15, -0.1) is 0 Å². The maximum Gasteiger partial charge on any atom is 0.214 e. The quantitative estimate of drug-likeness (QED) is 0.704. The van der Waals surface area contributed by atoms with Crippen molar-refractivity contribution in [3.05, 3.63) is 0 Å². The first-order valence-electron chi connectivity index (χ1n) is 8.15. The molecule has 0 saturated carbocycles. The summed E-state index contributed by atoms with van der Waals surface area (Å²) < 4.78 is 26.1. The Hall–Kier alpha value is -0.210. The van der Waals surface area contributed by atoms with Gasteiger partial charge in [-0.1, -0.05) is 6.42 Å². The number of hydrogen-bond acceptors (Lipinski definition) is 5. The number of aliphatic hydroxyl groups is 1. The van der Waals surface area contributed by atoms with Crippen molar-refractivity contribution in [2.75, 3.05) is 64.7 Å². The highest BCUT2D eigenvalue weighted by Gasteiger charge is 2.24. The van der Waals surface area contributed by atoms with Crippen LogP contribution < -0.4 is 0 Å². The lowest BCUT2D eigenvalue weighted by molar-refractivity contribution is 0.113. The van der Waals surface area contributed by atoms with Crippen LogP contribution in [0.5, 0.6) is 0 Å². The van der Waals surface area contributed by atoms with E-state index in [1.807, 2.05) is 0 Å². The molecular formula is C14H29N3O3S. The van der Waals surface area contributed by atoms with Gasteiger partial charge in [-0.3, -0.25) is 4.90 Å². The minimum Gasteiger partial charge on any atom is -0.395 e. The molecule has 0 aliphatic carbocycles. The molecular weight excluding hydrogens is 290 g/mol. The molecule has 124 valence electrons. The fourth-order valence-electron chi connectivity index (χ4n) is 3.12. The van der Waals surface area contributed by atoms with Crippen molar-refractivity contribution in [2.24, 2.45) is 0 Å². The van der Waals surface area contributed by atoms with E-state index in [9.17, 15) is 8.42 Å². The first-order chi connectivity index (χ1) is 10.1. The van der Waals surface area contributed by atoms with Gasteiger partial charge < -0.3 is 10.0 Å². The Morgan fingerprint density at radius 3 is 1.95 bits per heavy atom. The third-order valence-corrected chi connectivity index (χ3v) is 6.42. The van der Waals surface area contributed by atoms with E-state index in [1.54, 1.807) is 4.31 Å². The average molecular weight is 319 g/mol. The molecule has 0 amide bonds. The molecule has 2 saturated heterocycles. The predicted octanol–water partition coefficient (Wildman–Crippen LogP) is -0.198. The van der Waals surface area contributed by atoms with Crippen molar-refractivity contribution in [3.8, 4) is 0 Å². The lowest BCUT2D eigenvalue weighted by atomic mass is 10.2. The average Bonchev–Trinajstić information content (AvgIpc) is 2.50. The van der Waals surface area contributed by atoms with E-state index in [1.165, 1.54) is 0 Å². The first kappa shape index (κ1) is 17.1. The standard InChI is InChI=1S/C14H29N3O3S/c18-13-12-16-10-8-15(9-11-16)5-4-14-21(19,20)17-6-2-1-3-7-17/h18H,1-14H2. The number of aliphatic hydroxyl groups excluding tert-OH is 1. The van der Waals surface area contributed by atoms with Crippen LogP contribution in [0.25, 0.3) is 0 Å². The summed E-state index contributed by atoms with van der Waals surface area (Å²) in [5.74, 6) is 0.282. The van der Waals surface area contributed by atoms with E-state index >= 15 is 0 Å². The van der Waals surface area contributed by atoms with Gasteiger partial charge in [0.05, 0.1) is 12.4 Å². The number of sulfonamides is 1. The van der Waals surface area contributed by atoms with Gasteiger partial charge in [0, 0.05) is 45.8 Å². The van der Waals surface area contributed by atoms with E-state index in [2.05, 4.69) is 9.80 Å². The number of hydrogen-bond donors (Lipinski definition) is 1. The fraction of sp³-hybridized carbons (Fsp3) is 1.00. The molecule has 0 atom stereocenters. The molecule has 2 aliphatic heterocycles. The molecule has 0 radical (unpaired) electrons. The van der Waals surface area contributed by atoms with Gasteiger partial charge in [0.15, 0.2) is 0 Å². The summed E-state index contributed by atoms with van der Waals surface area (Å²) in [5.41, 5.74) is 0. The lowest BCUT2D eigenvalue weighted by Crippen LogP contribution is -2.47. The first-order valence-corrected chi connectivity index (χ1v) is 9.76. The highest BCUT2D eigenvalue weighted by atomic mass is 32.2. The number of piperazine rings is 1. The fourth-order valence-corrected chi connectivity index (χ4v) is 4.69. The molecule has 0 aromatic carbocycles. The highest BCUT2D eigenvalue weighted by molar-refractivity contribution is 7.89. The molecule has 0 spiro atoms. The number of β-amino-alcohol motifs (C(OH)–C–C–N with tert-alkyl or cyclic N) is 1. The molecule has 21 heavy (non-hydrogen) atoms. The lowest BCUT2D eigenvalue weighted by Gasteiger charge is -2.34. The van der Waals surface area contributed by atoms with Crippen LogP contribution in [-0.2, 0) is 10.0 Å². The van der Waals surface area contributed by atoms with Crippen LogP contribution in [-0.4, -0.2) is 92.3 Å². The normalized spacial score (nSPS) is 23.5. The van der Waals surface area contributed by atoms with Crippen molar-refractivity contribution in [2.45, 2.75) is 25.7 Å². The maximum atomic E-state index is 12.2. The maximum absolute atomic E-state index is 12.2. The van der Waals surface area contributed by atoms with Crippen molar-refractivity contribution in [1.82, 2.24) is 14.1 Å². The summed E-state index contributed by atoms with van der Waals surface area (Å²) >= 11 is 0. The number of nitrogens with zero attached hydrogens (tertiary/aromatic N) is 3. The van der Waals surface area contributed by atoms with Gasteiger partial charge in [0.1, 0.15) is 0 Å². The Balaban J connectivity index is 1.65. The van der Waals surface area contributed by atoms with Gasteiger partial charge in [-0.25, -0.2) is 12.7 Å². The summed E-state index contributed by atoms with van der Waals surface area (Å²) in [6.45, 7) is 7.14. The Morgan fingerprint density at radius 2 is 1.38 bits per heavy atom. The Kier molecular flexibility index (Phi) is 6.88. The topological polar surface area (TPSA) is 64.1 Å². The number of rotatable bonds is 7. The molecule has 2 heterocycles. The van der Waals surface area contributed by atoms with Crippen LogP contribution in [0.1, 0.15) is 25.7 Å². The summed E-state index contributed by atoms with van der Waals surface area (Å²) in [7, 11) is -3.04. The van der Waals surface area contributed by atoms with E-state index in [0.717, 1.165) is 65.0 Å². The second kappa shape index (κ2) is 8.43. The van der Waals surface area contributed by atoms with Crippen LogP contribution in [0.15, 0.2) is 0 Å². The van der Waals surface area contributed by atoms with Crippen LogP contribution in [0.2, 0.25) is 0 Å². The third kappa shape index (κ3) is 5.49. The van der Waals surface area contributed by atoms with Crippen LogP contribution in [0, 0.1) is 0 Å². The second-order valence-corrected chi connectivity index (χ2v) is 8.12. The SMILES string of the molecule is O=S(=O)(CCCN1CCN(CCO)CC1)N1CCCCC1.